The molecule has 3 saturated heterocycles. The van der Waals surface area contributed by atoms with Gasteiger partial charge in [0, 0.05) is 76.2 Å². The summed E-state index contributed by atoms with van der Waals surface area (Å²) in [4.78, 5) is 45.3. The Labute approximate surface area is 278 Å². The number of halogens is 2. The molecule has 13 nitrogen and oxygen atoms in total. The van der Waals surface area contributed by atoms with Crippen molar-refractivity contribution in [3.8, 4) is 0 Å². The number of allylic oxidation sites excluding steroid dienone is 4. The zero-order valence-corrected chi connectivity index (χ0v) is 28.1. The standard InChI is InChI=1S/C33H44F2N8O5/c1-19-13-22(25(35)14-24(19)34)23-17-43(18-26(23)38-32(45)47-33(2,3)4)30-36-15-20(16-37-30)29(44)41(5)21-8-10-42(11-9-21)31-39-28(40-48-31)27-7-6-12-46-27/h14-16,21-23,26-27H,6-13,17-18H2,1-5H3,(H,38,45)/t22-,23?,26+,27+/m1/s1. The fourth-order valence-electron chi connectivity index (χ4n) is 6.92. The van der Waals surface area contributed by atoms with Gasteiger partial charge in [0.25, 0.3) is 5.91 Å². The molecule has 2 aromatic rings. The lowest BCUT2D eigenvalue weighted by molar-refractivity contribution is 0.0489. The molecule has 3 aliphatic heterocycles. The van der Waals surface area contributed by atoms with Crippen molar-refractivity contribution in [2.75, 3.05) is 49.6 Å². The minimum Gasteiger partial charge on any atom is -0.444 e. The maximum Gasteiger partial charge on any atom is 0.407 e. The van der Waals surface area contributed by atoms with Crippen LogP contribution in [0.5, 0.6) is 0 Å². The average molecular weight is 671 g/mol. The van der Waals surface area contributed by atoms with Crippen molar-refractivity contribution in [2.24, 2.45) is 11.8 Å². The molecule has 0 bridgehead atoms. The fraction of sp³-hybridized carbons (Fsp3) is 0.636. The van der Waals surface area contributed by atoms with Gasteiger partial charge in [0.1, 0.15) is 23.4 Å². The molecular formula is C33H44F2N8O5. The molecule has 1 unspecified atom stereocenters. The van der Waals surface area contributed by atoms with Crippen molar-refractivity contribution in [3.05, 3.63) is 47.1 Å². The first-order chi connectivity index (χ1) is 22.9. The molecule has 4 atom stereocenters. The molecule has 48 heavy (non-hydrogen) atoms. The minimum atomic E-state index is -0.714. The van der Waals surface area contributed by atoms with E-state index in [0.29, 0.717) is 61.7 Å². The SMILES string of the molecule is CC1=C(F)C=C(F)[C@@H](C2CN(c3ncc(C(=O)N(C)C4CCN(c5nc([C@@H]6CCCO6)no5)CC4)cn3)C[C@@H]2NC(=O)OC(C)(C)C)C1. The van der Waals surface area contributed by atoms with E-state index in [1.54, 1.807) is 39.6 Å². The van der Waals surface area contributed by atoms with Gasteiger partial charge >= 0.3 is 12.1 Å². The molecule has 1 N–H and O–H groups in total. The van der Waals surface area contributed by atoms with Gasteiger partial charge in [-0.3, -0.25) is 4.79 Å². The second-order valence-electron chi connectivity index (χ2n) is 14.1. The summed E-state index contributed by atoms with van der Waals surface area (Å²) in [5.74, 6) is -1.41. The van der Waals surface area contributed by atoms with E-state index >= 15 is 4.39 Å². The molecule has 0 spiro atoms. The third kappa shape index (κ3) is 7.45. The van der Waals surface area contributed by atoms with Gasteiger partial charge in [0.05, 0.1) is 11.6 Å². The number of carbonyl (C=O) groups excluding carboxylic acids is 2. The Balaban J connectivity index is 1.08. The van der Waals surface area contributed by atoms with Crippen LogP contribution in [0.15, 0.2) is 40.2 Å². The van der Waals surface area contributed by atoms with Gasteiger partial charge in [-0.15, -0.1) is 0 Å². The van der Waals surface area contributed by atoms with Crippen molar-refractivity contribution in [1.29, 1.82) is 0 Å². The van der Waals surface area contributed by atoms with E-state index in [9.17, 15) is 14.0 Å². The lowest BCUT2D eigenvalue weighted by Crippen LogP contribution is -2.45. The number of nitrogens with one attached hydrogen (secondary N) is 1. The number of amides is 2. The van der Waals surface area contributed by atoms with Crippen LogP contribution in [-0.2, 0) is 9.47 Å². The van der Waals surface area contributed by atoms with E-state index in [0.717, 1.165) is 31.8 Å². The van der Waals surface area contributed by atoms with Gasteiger partial charge in [0.2, 0.25) is 11.8 Å². The smallest absolute Gasteiger partial charge is 0.407 e. The third-order valence-electron chi connectivity index (χ3n) is 9.56. The fourth-order valence-corrected chi connectivity index (χ4v) is 6.92. The van der Waals surface area contributed by atoms with Crippen LogP contribution < -0.4 is 15.1 Å². The molecule has 0 saturated carbocycles. The van der Waals surface area contributed by atoms with E-state index in [4.69, 9.17) is 14.0 Å². The zero-order valence-electron chi connectivity index (χ0n) is 28.1. The summed E-state index contributed by atoms with van der Waals surface area (Å²) in [5.41, 5.74) is 0.0932. The van der Waals surface area contributed by atoms with Crippen molar-refractivity contribution < 1.29 is 32.4 Å². The van der Waals surface area contributed by atoms with Crippen LogP contribution in [0, 0.1) is 11.8 Å². The monoisotopic (exact) mass is 670 g/mol. The predicted molar refractivity (Wildman–Crippen MR) is 172 cm³/mol. The van der Waals surface area contributed by atoms with Crippen LogP contribution in [0.3, 0.4) is 0 Å². The van der Waals surface area contributed by atoms with E-state index < -0.39 is 41.2 Å². The number of hydrogen-bond donors (Lipinski definition) is 1. The summed E-state index contributed by atoms with van der Waals surface area (Å²) < 4.78 is 45.9. The molecule has 0 radical (unpaired) electrons. The zero-order chi connectivity index (χ0) is 34.2. The Kier molecular flexibility index (Phi) is 9.68. The minimum absolute atomic E-state index is 0.00815. The van der Waals surface area contributed by atoms with Gasteiger partial charge in [0.15, 0.2) is 0 Å². The summed E-state index contributed by atoms with van der Waals surface area (Å²) in [7, 11) is 1.78. The van der Waals surface area contributed by atoms with Gasteiger partial charge in [-0.05, 0) is 65.4 Å². The highest BCUT2D eigenvalue weighted by molar-refractivity contribution is 5.93. The highest BCUT2D eigenvalue weighted by atomic mass is 19.1. The average Bonchev–Trinajstić information content (AvgIpc) is 3.83. The molecule has 6 rings (SSSR count). The number of alkyl carbamates (subject to hydrolysis) is 1. The van der Waals surface area contributed by atoms with Gasteiger partial charge in [-0.1, -0.05) is 5.16 Å². The summed E-state index contributed by atoms with van der Waals surface area (Å²) in [6.07, 6.45) is 6.73. The largest absolute Gasteiger partial charge is 0.444 e. The Morgan fingerprint density at radius 2 is 1.81 bits per heavy atom. The molecule has 2 amide bonds. The maximum absolute atomic E-state index is 15.1. The molecule has 15 heteroatoms. The molecule has 4 aliphatic rings. The highest BCUT2D eigenvalue weighted by Gasteiger charge is 2.43. The van der Waals surface area contributed by atoms with Gasteiger partial charge in [-0.2, -0.15) is 4.98 Å². The van der Waals surface area contributed by atoms with E-state index in [1.165, 1.54) is 12.4 Å². The van der Waals surface area contributed by atoms with E-state index in [-0.39, 0.29) is 24.5 Å². The van der Waals surface area contributed by atoms with Crippen LogP contribution in [-0.4, -0.2) is 94.5 Å². The Hall–Kier alpha value is -4.14. The number of anilines is 2. The molecule has 2 aromatic heterocycles. The second kappa shape index (κ2) is 13.8. The molecular weight excluding hydrogens is 626 g/mol. The summed E-state index contributed by atoms with van der Waals surface area (Å²) in [5, 5.41) is 7.00. The number of hydrogen-bond acceptors (Lipinski definition) is 11. The molecule has 260 valence electrons. The van der Waals surface area contributed by atoms with Crippen molar-refractivity contribution >= 4 is 24.0 Å². The van der Waals surface area contributed by atoms with Crippen molar-refractivity contribution in [1.82, 2.24) is 30.3 Å². The molecule has 0 aromatic carbocycles. The first-order valence-corrected chi connectivity index (χ1v) is 16.6. The normalized spacial score (nSPS) is 25.4. The molecule has 5 heterocycles. The summed E-state index contributed by atoms with van der Waals surface area (Å²) in [6, 6.07) is -0.0194. The van der Waals surface area contributed by atoms with Crippen molar-refractivity contribution in [2.45, 2.75) is 83.6 Å². The lowest BCUT2D eigenvalue weighted by Gasteiger charge is -2.35. The van der Waals surface area contributed by atoms with Gasteiger partial charge < -0.3 is 34.0 Å². The highest BCUT2D eigenvalue weighted by Crippen LogP contribution is 2.40. The quantitative estimate of drug-likeness (QED) is 0.431. The van der Waals surface area contributed by atoms with Gasteiger partial charge in [-0.25, -0.2) is 23.5 Å². The maximum atomic E-state index is 15.1. The lowest BCUT2D eigenvalue weighted by atomic mass is 9.80. The second-order valence-corrected chi connectivity index (χ2v) is 14.1. The van der Waals surface area contributed by atoms with E-state index in [1.807, 2.05) is 9.80 Å². The number of nitrogens with zero attached hydrogens (tertiary/aromatic N) is 7. The topological polar surface area (TPSA) is 139 Å². The first kappa shape index (κ1) is 33.7. The Bertz CT molecular complexity index is 1540. The number of piperidine rings is 1. The van der Waals surface area contributed by atoms with Crippen LogP contribution in [0.25, 0.3) is 0 Å². The van der Waals surface area contributed by atoms with E-state index in [2.05, 4.69) is 25.4 Å². The number of rotatable bonds is 7. The Morgan fingerprint density at radius 3 is 2.48 bits per heavy atom. The van der Waals surface area contributed by atoms with Crippen LogP contribution in [0.4, 0.5) is 25.5 Å². The van der Waals surface area contributed by atoms with Crippen LogP contribution >= 0.6 is 0 Å². The molecule has 1 aliphatic carbocycles. The number of ether oxygens (including phenoxy) is 2. The predicted octanol–water partition coefficient (Wildman–Crippen LogP) is 4.90. The summed E-state index contributed by atoms with van der Waals surface area (Å²) >= 11 is 0. The van der Waals surface area contributed by atoms with Crippen LogP contribution in [0.1, 0.15) is 82.1 Å². The third-order valence-corrected chi connectivity index (χ3v) is 9.56. The van der Waals surface area contributed by atoms with Crippen LogP contribution in [0.2, 0.25) is 0 Å². The number of carbonyl (C=O) groups is 2. The summed E-state index contributed by atoms with van der Waals surface area (Å²) in [6.45, 7) is 9.59. The first-order valence-electron chi connectivity index (χ1n) is 16.6. The molecule has 3 fully saturated rings. The van der Waals surface area contributed by atoms with Crippen molar-refractivity contribution in [3.63, 3.8) is 0 Å². The Morgan fingerprint density at radius 1 is 1.08 bits per heavy atom. The number of aromatic nitrogens is 4.